The number of benzene rings is 2. The molecule has 0 fully saturated rings. The number of primary amides is 1. The number of fused-ring (bicyclic) bond motifs is 1. The first-order valence-corrected chi connectivity index (χ1v) is 14.4. The lowest BCUT2D eigenvalue weighted by Gasteiger charge is -2.28. The summed E-state index contributed by atoms with van der Waals surface area (Å²) in [6, 6.07) is 9.35. The summed E-state index contributed by atoms with van der Waals surface area (Å²) in [6.07, 6.45) is -1.33. The third-order valence-electron chi connectivity index (χ3n) is 7.01. The van der Waals surface area contributed by atoms with E-state index < -0.39 is 66.5 Å². The molecule has 5 amide bonds. The highest BCUT2D eigenvalue weighted by atomic mass is 16.4. The Morgan fingerprint density at radius 2 is 1.33 bits per heavy atom. The van der Waals surface area contributed by atoms with Crippen molar-refractivity contribution in [3.8, 4) is 0 Å². The van der Waals surface area contributed by atoms with Gasteiger partial charge in [0.2, 0.25) is 29.5 Å². The first-order chi connectivity index (χ1) is 20.2. The van der Waals surface area contributed by atoms with Crippen molar-refractivity contribution in [3.05, 3.63) is 48.0 Å². The Morgan fingerprint density at radius 1 is 0.721 bits per heavy atom. The van der Waals surface area contributed by atoms with E-state index in [0.29, 0.717) is 5.56 Å². The number of nitrogens with two attached hydrogens (primary N) is 1. The van der Waals surface area contributed by atoms with Crippen LogP contribution in [0.3, 0.4) is 0 Å². The third kappa shape index (κ3) is 11.4. The van der Waals surface area contributed by atoms with E-state index in [-0.39, 0.29) is 30.7 Å². The van der Waals surface area contributed by atoms with Crippen molar-refractivity contribution in [3.63, 3.8) is 0 Å². The van der Waals surface area contributed by atoms with Crippen LogP contribution in [0.4, 0.5) is 0 Å². The number of aliphatic carboxylic acids is 1. The van der Waals surface area contributed by atoms with E-state index >= 15 is 0 Å². The second kappa shape index (κ2) is 16.2. The molecule has 0 spiro atoms. The van der Waals surface area contributed by atoms with Crippen molar-refractivity contribution in [1.82, 2.24) is 21.3 Å². The number of carboxylic acid groups (broad SMARTS) is 1. The van der Waals surface area contributed by atoms with E-state index in [1.54, 1.807) is 6.07 Å². The van der Waals surface area contributed by atoms with Crippen LogP contribution in [-0.4, -0.2) is 64.8 Å². The first kappa shape index (κ1) is 34.7. The van der Waals surface area contributed by atoms with Gasteiger partial charge in [0.1, 0.15) is 18.1 Å². The van der Waals surface area contributed by atoms with Crippen LogP contribution in [0.25, 0.3) is 10.8 Å². The van der Waals surface area contributed by atoms with Gasteiger partial charge in [-0.2, -0.15) is 0 Å². The Labute approximate surface area is 251 Å². The van der Waals surface area contributed by atoms with E-state index in [1.165, 1.54) is 6.92 Å². The normalized spacial score (nSPS) is 13.3. The smallest absolute Gasteiger partial charge is 0.303 e. The summed E-state index contributed by atoms with van der Waals surface area (Å²) >= 11 is 0. The highest BCUT2D eigenvalue weighted by Crippen LogP contribution is 2.17. The number of carbonyl (C=O) groups excluding carboxylic acids is 5. The van der Waals surface area contributed by atoms with E-state index in [9.17, 15) is 28.8 Å². The predicted molar refractivity (Wildman–Crippen MR) is 161 cm³/mol. The molecule has 7 N–H and O–H groups in total. The molecule has 0 radical (unpaired) electrons. The van der Waals surface area contributed by atoms with Crippen LogP contribution in [0.1, 0.15) is 59.4 Å². The summed E-state index contributed by atoms with van der Waals surface area (Å²) in [6.45, 7) is 9.38. The predicted octanol–water partition coefficient (Wildman–Crippen LogP) is 1.39. The summed E-state index contributed by atoms with van der Waals surface area (Å²) in [7, 11) is 0. The molecule has 0 aliphatic rings. The second-order valence-electron chi connectivity index (χ2n) is 11.4. The maximum Gasteiger partial charge on any atom is 0.303 e. The topological polar surface area (TPSA) is 197 Å². The summed E-state index contributed by atoms with van der Waals surface area (Å²) < 4.78 is 0. The summed E-state index contributed by atoms with van der Waals surface area (Å²) in [4.78, 5) is 74.7. The van der Waals surface area contributed by atoms with Gasteiger partial charge in [0.25, 0.3) is 0 Å². The van der Waals surface area contributed by atoms with E-state index in [2.05, 4.69) is 21.3 Å². The lowest BCUT2D eigenvalue weighted by molar-refractivity contribution is -0.139. The van der Waals surface area contributed by atoms with E-state index in [0.717, 1.165) is 10.8 Å². The lowest BCUT2D eigenvalue weighted by atomic mass is 9.93. The summed E-state index contributed by atoms with van der Waals surface area (Å²) in [5, 5.41) is 21.3. The third-order valence-corrected chi connectivity index (χ3v) is 7.01. The van der Waals surface area contributed by atoms with Gasteiger partial charge in [-0.05, 0) is 35.1 Å². The number of carboxylic acids is 1. The van der Waals surface area contributed by atoms with Gasteiger partial charge in [0, 0.05) is 18.9 Å². The van der Waals surface area contributed by atoms with Gasteiger partial charge in [-0.3, -0.25) is 28.8 Å². The zero-order valence-corrected chi connectivity index (χ0v) is 25.3. The molecule has 3 unspecified atom stereocenters. The fourth-order valence-corrected chi connectivity index (χ4v) is 4.75. The largest absolute Gasteiger partial charge is 0.481 e. The molecular weight excluding hydrogens is 554 g/mol. The minimum atomic E-state index is -1.43. The van der Waals surface area contributed by atoms with Crippen LogP contribution in [0, 0.1) is 11.8 Å². The van der Waals surface area contributed by atoms with Crippen LogP contribution in [0.15, 0.2) is 42.5 Å². The maximum atomic E-state index is 13.4. The number of rotatable bonds is 16. The lowest BCUT2D eigenvalue weighted by Crippen LogP contribution is -2.58. The molecule has 0 bridgehead atoms. The van der Waals surface area contributed by atoms with Crippen molar-refractivity contribution >= 4 is 46.3 Å². The highest BCUT2D eigenvalue weighted by molar-refractivity contribution is 5.96. The average molecular weight is 598 g/mol. The number of carbonyl (C=O) groups is 6. The number of amides is 5. The Hall–Kier alpha value is -4.48. The quantitative estimate of drug-likeness (QED) is 0.168. The van der Waals surface area contributed by atoms with Gasteiger partial charge >= 0.3 is 5.97 Å². The first-order valence-electron chi connectivity index (χ1n) is 14.4. The van der Waals surface area contributed by atoms with Crippen LogP contribution >= 0.6 is 0 Å². The number of hydrogen-bond acceptors (Lipinski definition) is 6. The molecule has 0 aliphatic heterocycles. The Morgan fingerprint density at radius 3 is 1.91 bits per heavy atom. The molecule has 0 heterocycles. The van der Waals surface area contributed by atoms with E-state index in [1.807, 2.05) is 64.1 Å². The van der Waals surface area contributed by atoms with Crippen LogP contribution in [-0.2, 0) is 35.2 Å². The molecule has 0 aliphatic carbocycles. The Kier molecular flexibility index (Phi) is 13.1. The number of hydrogen-bond donors (Lipinski definition) is 6. The zero-order chi connectivity index (χ0) is 32.3. The molecule has 12 heteroatoms. The standard InChI is InChI=1S/C31H43N5O7/c1-17(2)28(18(3)4)36-29(41)19(5)33-30(42)24(16-25(32)37)35-31(43)23(34-26(38)12-13-27(39)40)15-20-10-11-21-8-6-7-9-22(21)14-20/h6-11,14,17-19,23-24,28H,12-13,15-16H2,1-5H3,(H2,32,37)(H,33,42)(H,34,38)(H,35,43)(H,36,41)(H,39,40). The van der Waals surface area contributed by atoms with Gasteiger partial charge < -0.3 is 32.1 Å². The van der Waals surface area contributed by atoms with Crippen molar-refractivity contribution in [2.24, 2.45) is 17.6 Å². The SMILES string of the molecule is CC(NC(=O)C(CC(N)=O)NC(=O)C(Cc1ccc2ccccc2c1)NC(=O)CCC(=O)O)C(=O)NC(C(C)C)C(C)C. The van der Waals surface area contributed by atoms with Gasteiger partial charge in [-0.1, -0.05) is 70.2 Å². The molecular formula is C31H43N5O7. The Bertz CT molecular complexity index is 1320. The van der Waals surface area contributed by atoms with Crippen LogP contribution < -0.4 is 27.0 Å². The molecule has 3 atom stereocenters. The van der Waals surface area contributed by atoms with Crippen LogP contribution in [0.2, 0.25) is 0 Å². The van der Waals surface area contributed by atoms with Crippen LogP contribution in [0.5, 0.6) is 0 Å². The van der Waals surface area contributed by atoms with Crippen molar-refractivity contribution in [2.75, 3.05) is 0 Å². The van der Waals surface area contributed by atoms with Gasteiger partial charge in [0.15, 0.2) is 0 Å². The Balaban J connectivity index is 2.23. The highest BCUT2D eigenvalue weighted by Gasteiger charge is 2.31. The maximum absolute atomic E-state index is 13.4. The van der Waals surface area contributed by atoms with Crippen molar-refractivity contribution in [1.29, 1.82) is 0 Å². The molecule has 0 aromatic heterocycles. The molecule has 2 rings (SSSR count). The van der Waals surface area contributed by atoms with Crippen molar-refractivity contribution in [2.45, 2.75) is 84.5 Å². The fourth-order valence-electron chi connectivity index (χ4n) is 4.75. The molecule has 0 saturated heterocycles. The van der Waals surface area contributed by atoms with Gasteiger partial charge in [-0.25, -0.2) is 0 Å². The zero-order valence-electron chi connectivity index (χ0n) is 25.3. The summed E-state index contributed by atoms with van der Waals surface area (Å²) in [5.41, 5.74) is 6.05. The minimum absolute atomic E-state index is 0.0188. The minimum Gasteiger partial charge on any atom is -0.481 e. The average Bonchev–Trinajstić information content (AvgIpc) is 2.93. The van der Waals surface area contributed by atoms with Gasteiger partial charge in [-0.15, -0.1) is 0 Å². The molecule has 12 nitrogen and oxygen atoms in total. The van der Waals surface area contributed by atoms with Gasteiger partial charge in [0.05, 0.1) is 12.8 Å². The monoisotopic (exact) mass is 597 g/mol. The van der Waals surface area contributed by atoms with Crippen molar-refractivity contribution < 1.29 is 33.9 Å². The molecule has 2 aromatic carbocycles. The second-order valence-corrected chi connectivity index (χ2v) is 11.4. The number of nitrogens with one attached hydrogen (secondary N) is 4. The molecule has 0 saturated carbocycles. The summed E-state index contributed by atoms with van der Waals surface area (Å²) in [5.74, 6) is -4.42. The fraction of sp³-hybridized carbons (Fsp3) is 0.484. The molecule has 43 heavy (non-hydrogen) atoms. The molecule has 2 aromatic rings. The van der Waals surface area contributed by atoms with E-state index in [4.69, 9.17) is 10.8 Å². The molecule has 234 valence electrons.